The van der Waals surface area contributed by atoms with Crippen LogP contribution >= 0.6 is 0 Å². The first kappa shape index (κ1) is 13.4. The number of nitrogens with one attached hydrogen (secondary N) is 1. The second-order valence-electron chi connectivity index (χ2n) is 4.48. The van der Waals surface area contributed by atoms with E-state index in [2.05, 4.69) is 5.32 Å². The highest BCUT2D eigenvalue weighted by atomic mass is 16.6. The first-order chi connectivity index (χ1) is 8.00. The molecule has 0 amide bonds. The number of hydrogen-bond acceptors (Lipinski definition) is 4. The Morgan fingerprint density at radius 1 is 1.41 bits per heavy atom. The molecule has 0 aliphatic rings. The molecule has 1 atom stereocenters. The van der Waals surface area contributed by atoms with Gasteiger partial charge in [0.1, 0.15) is 0 Å². The topological polar surface area (TPSA) is 75.4 Å². The lowest BCUT2D eigenvalue weighted by Crippen LogP contribution is -2.29. The molecule has 5 nitrogen and oxygen atoms in total. The van der Waals surface area contributed by atoms with Crippen LogP contribution in [0.2, 0.25) is 0 Å². The van der Waals surface area contributed by atoms with Crippen LogP contribution in [0.25, 0.3) is 0 Å². The lowest BCUT2D eigenvalue weighted by atomic mass is 9.88. The van der Waals surface area contributed by atoms with Crippen molar-refractivity contribution in [1.82, 2.24) is 0 Å². The molecule has 0 spiro atoms. The van der Waals surface area contributed by atoms with Gasteiger partial charge >= 0.3 is 0 Å². The minimum absolute atomic E-state index is 0.0796. The van der Waals surface area contributed by atoms with Gasteiger partial charge in [0.15, 0.2) is 0 Å². The molecule has 1 aromatic carbocycles. The Morgan fingerprint density at radius 2 is 2.00 bits per heavy atom. The molecule has 1 unspecified atom stereocenters. The van der Waals surface area contributed by atoms with Gasteiger partial charge in [-0.25, -0.2) is 0 Å². The van der Waals surface area contributed by atoms with E-state index in [1.54, 1.807) is 12.1 Å². The number of aliphatic hydroxyl groups excluding tert-OH is 1. The largest absolute Gasteiger partial charge is 0.396 e. The van der Waals surface area contributed by atoms with Gasteiger partial charge in [-0.05, 0) is 18.6 Å². The Hall–Kier alpha value is -1.62. The third-order valence-electron chi connectivity index (χ3n) is 3.03. The fraction of sp³-hybridized carbons (Fsp3) is 0.500. The second-order valence-corrected chi connectivity index (χ2v) is 4.48. The third kappa shape index (κ3) is 3.71. The van der Waals surface area contributed by atoms with Gasteiger partial charge in [-0.1, -0.05) is 13.8 Å². The molecular formula is C12H18N2O3. The summed E-state index contributed by atoms with van der Waals surface area (Å²) >= 11 is 0. The number of aliphatic hydroxyl groups is 1. The summed E-state index contributed by atoms with van der Waals surface area (Å²) in [4.78, 5) is 10.1. The molecule has 94 valence electrons. The van der Waals surface area contributed by atoms with E-state index in [9.17, 15) is 15.2 Å². The zero-order valence-corrected chi connectivity index (χ0v) is 10.1. The predicted octanol–water partition coefficient (Wildman–Crippen LogP) is 2.42. The summed E-state index contributed by atoms with van der Waals surface area (Å²) < 4.78 is 0. The molecule has 5 heteroatoms. The van der Waals surface area contributed by atoms with Crippen LogP contribution in [-0.2, 0) is 0 Å². The fourth-order valence-electron chi connectivity index (χ4n) is 1.31. The zero-order chi connectivity index (χ0) is 12.9. The maximum Gasteiger partial charge on any atom is 0.269 e. The minimum atomic E-state index is -0.423. The van der Waals surface area contributed by atoms with Crippen LogP contribution in [0.1, 0.15) is 20.3 Å². The van der Waals surface area contributed by atoms with Crippen molar-refractivity contribution in [2.75, 3.05) is 18.5 Å². The van der Waals surface area contributed by atoms with Gasteiger partial charge in [-0.3, -0.25) is 10.1 Å². The van der Waals surface area contributed by atoms with Gasteiger partial charge in [0, 0.05) is 29.8 Å². The first-order valence-corrected chi connectivity index (χ1v) is 5.60. The van der Waals surface area contributed by atoms with E-state index in [0.29, 0.717) is 6.54 Å². The van der Waals surface area contributed by atoms with Crippen LogP contribution in [-0.4, -0.2) is 23.2 Å². The molecule has 17 heavy (non-hydrogen) atoms. The number of non-ortho nitro benzene ring substituents is 1. The van der Waals surface area contributed by atoms with Crippen molar-refractivity contribution < 1.29 is 10.0 Å². The average molecular weight is 238 g/mol. The molecule has 1 rings (SSSR count). The molecule has 2 N–H and O–H groups in total. The Kier molecular flexibility index (Phi) is 4.45. The van der Waals surface area contributed by atoms with E-state index in [-0.39, 0.29) is 17.7 Å². The van der Waals surface area contributed by atoms with Crippen LogP contribution in [0.4, 0.5) is 11.4 Å². The number of nitro benzene ring substituents is 1. The Morgan fingerprint density at radius 3 is 2.41 bits per heavy atom. The minimum Gasteiger partial charge on any atom is -0.396 e. The summed E-state index contributed by atoms with van der Waals surface area (Å²) in [5, 5.41) is 22.9. The summed E-state index contributed by atoms with van der Waals surface area (Å²) in [6.07, 6.45) is 0.865. The van der Waals surface area contributed by atoms with E-state index in [1.165, 1.54) is 12.1 Å². The van der Waals surface area contributed by atoms with Crippen LogP contribution in [0.3, 0.4) is 0 Å². The molecule has 1 aromatic rings. The lowest BCUT2D eigenvalue weighted by molar-refractivity contribution is -0.384. The molecular weight excluding hydrogens is 220 g/mol. The Labute approximate surface area is 101 Å². The number of nitro groups is 1. The molecule has 0 aliphatic heterocycles. The fourth-order valence-corrected chi connectivity index (χ4v) is 1.31. The van der Waals surface area contributed by atoms with Gasteiger partial charge in [0.2, 0.25) is 0 Å². The number of hydrogen-bond donors (Lipinski definition) is 2. The van der Waals surface area contributed by atoms with Gasteiger partial charge < -0.3 is 10.4 Å². The molecule has 0 heterocycles. The molecule has 0 aromatic heterocycles. The maximum absolute atomic E-state index is 10.5. The molecule has 0 fully saturated rings. The molecule has 0 saturated heterocycles. The number of rotatable bonds is 6. The summed E-state index contributed by atoms with van der Waals surface area (Å²) in [5.41, 5.74) is 0.738. The highest BCUT2D eigenvalue weighted by Gasteiger charge is 2.20. The van der Waals surface area contributed by atoms with Gasteiger partial charge in [0.05, 0.1) is 11.5 Å². The van der Waals surface area contributed by atoms with E-state index >= 15 is 0 Å². The van der Waals surface area contributed by atoms with Gasteiger partial charge in [0.25, 0.3) is 5.69 Å². The standard InChI is InChI=1S/C12H18N2O3/c1-3-12(2,9-15)8-13-10-4-6-11(7-5-10)14(16)17/h4-7,13,15H,3,8-9H2,1-2H3. The summed E-state index contributed by atoms with van der Waals surface area (Å²) in [6.45, 7) is 4.76. The van der Waals surface area contributed by atoms with Crippen molar-refractivity contribution in [3.8, 4) is 0 Å². The second kappa shape index (κ2) is 5.63. The maximum atomic E-state index is 10.5. The van der Waals surface area contributed by atoms with Crippen molar-refractivity contribution in [3.05, 3.63) is 34.4 Å². The monoisotopic (exact) mass is 238 g/mol. The van der Waals surface area contributed by atoms with E-state index < -0.39 is 4.92 Å². The number of anilines is 1. The summed E-state index contributed by atoms with van der Waals surface area (Å²) in [6, 6.07) is 6.27. The predicted molar refractivity (Wildman–Crippen MR) is 67.1 cm³/mol. The van der Waals surface area contributed by atoms with Crippen molar-refractivity contribution in [2.45, 2.75) is 20.3 Å². The van der Waals surface area contributed by atoms with E-state index in [1.807, 2.05) is 13.8 Å². The normalized spacial score (nSPS) is 14.1. The average Bonchev–Trinajstić information content (AvgIpc) is 2.36. The summed E-state index contributed by atoms with van der Waals surface area (Å²) in [5.74, 6) is 0. The molecule has 0 aliphatic carbocycles. The van der Waals surface area contributed by atoms with Crippen molar-refractivity contribution in [3.63, 3.8) is 0 Å². The van der Waals surface area contributed by atoms with Crippen LogP contribution in [0, 0.1) is 15.5 Å². The highest BCUT2D eigenvalue weighted by Crippen LogP contribution is 2.22. The SMILES string of the molecule is CCC(C)(CO)CNc1ccc([N+](=O)[O-])cc1. The van der Waals surface area contributed by atoms with Crippen LogP contribution in [0.5, 0.6) is 0 Å². The van der Waals surface area contributed by atoms with Gasteiger partial charge in [-0.15, -0.1) is 0 Å². The Bertz CT molecular complexity index is 372. The quantitative estimate of drug-likeness (QED) is 0.589. The van der Waals surface area contributed by atoms with Crippen molar-refractivity contribution in [2.24, 2.45) is 5.41 Å². The first-order valence-electron chi connectivity index (χ1n) is 5.60. The zero-order valence-electron chi connectivity index (χ0n) is 10.1. The highest BCUT2D eigenvalue weighted by molar-refractivity contribution is 5.48. The number of nitrogens with zero attached hydrogens (tertiary/aromatic N) is 1. The van der Waals surface area contributed by atoms with E-state index in [4.69, 9.17) is 0 Å². The summed E-state index contributed by atoms with van der Waals surface area (Å²) in [7, 11) is 0. The Balaban J connectivity index is 2.61. The number of benzene rings is 1. The lowest BCUT2D eigenvalue weighted by Gasteiger charge is -2.26. The van der Waals surface area contributed by atoms with Crippen LogP contribution < -0.4 is 5.32 Å². The molecule has 0 bridgehead atoms. The molecule has 0 radical (unpaired) electrons. The van der Waals surface area contributed by atoms with Gasteiger partial charge in [-0.2, -0.15) is 0 Å². The smallest absolute Gasteiger partial charge is 0.269 e. The van der Waals surface area contributed by atoms with Crippen LogP contribution in [0.15, 0.2) is 24.3 Å². The third-order valence-corrected chi connectivity index (χ3v) is 3.03. The van der Waals surface area contributed by atoms with E-state index in [0.717, 1.165) is 12.1 Å². The van der Waals surface area contributed by atoms with Crippen molar-refractivity contribution >= 4 is 11.4 Å². The molecule has 0 saturated carbocycles. The van der Waals surface area contributed by atoms with Crippen molar-refractivity contribution in [1.29, 1.82) is 0 Å².